The quantitative estimate of drug-likeness (QED) is 0.364. The molecule has 0 aliphatic rings. The number of alkyl halides is 3. The number of aliphatic carboxylic acids is 1. The maximum atomic E-state index is 13.3. The van der Waals surface area contributed by atoms with Gasteiger partial charge in [-0.3, -0.25) is 4.79 Å². The van der Waals surface area contributed by atoms with Gasteiger partial charge in [0.25, 0.3) is 0 Å². The fraction of sp³-hybridized carbons (Fsp3) is 0.280. The number of thiophene rings is 1. The molecule has 0 fully saturated rings. The SMILES string of the molecule is CC(C)(C)OC(=O)c1c(COc2ccc(-c3ccc(CC(=O)O)s3)cc2)ccc(C(F)(F)F)c1O. The summed E-state index contributed by atoms with van der Waals surface area (Å²) in [6.07, 6.45) is -4.92. The molecule has 0 atom stereocenters. The Kier molecular flexibility index (Phi) is 7.44. The Morgan fingerprint density at radius 2 is 1.63 bits per heavy atom. The fourth-order valence-corrected chi connectivity index (χ4v) is 4.20. The minimum atomic E-state index is -4.86. The lowest BCUT2D eigenvalue weighted by Crippen LogP contribution is -2.25. The number of carboxylic acid groups (broad SMARTS) is 1. The van der Waals surface area contributed by atoms with Crippen LogP contribution in [0.15, 0.2) is 48.5 Å². The van der Waals surface area contributed by atoms with Gasteiger partial charge in [0.15, 0.2) is 0 Å². The monoisotopic (exact) mass is 508 g/mol. The van der Waals surface area contributed by atoms with Gasteiger partial charge in [-0.25, -0.2) is 4.79 Å². The molecule has 0 aliphatic heterocycles. The Balaban J connectivity index is 1.82. The number of rotatable bonds is 7. The molecule has 1 aromatic heterocycles. The van der Waals surface area contributed by atoms with Crippen LogP contribution in [0.2, 0.25) is 0 Å². The molecule has 0 saturated carbocycles. The van der Waals surface area contributed by atoms with Crippen LogP contribution in [-0.4, -0.2) is 27.8 Å². The van der Waals surface area contributed by atoms with Crippen molar-refractivity contribution in [2.24, 2.45) is 0 Å². The number of hydrogen-bond donors (Lipinski definition) is 2. The lowest BCUT2D eigenvalue weighted by atomic mass is 10.0. The zero-order chi connectivity index (χ0) is 26.0. The number of ether oxygens (including phenoxy) is 2. The van der Waals surface area contributed by atoms with Gasteiger partial charge in [-0.1, -0.05) is 6.07 Å². The predicted octanol–water partition coefficient (Wildman–Crippen LogP) is 6.30. The second kappa shape index (κ2) is 9.99. The third-order valence-electron chi connectivity index (χ3n) is 4.69. The van der Waals surface area contributed by atoms with Crippen LogP contribution in [-0.2, 0) is 28.7 Å². The van der Waals surface area contributed by atoms with Crippen molar-refractivity contribution in [1.82, 2.24) is 0 Å². The molecule has 0 unspecified atom stereocenters. The summed E-state index contributed by atoms with van der Waals surface area (Å²) in [5.41, 5.74) is -2.07. The number of carbonyl (C=O) groups excluding carboxylic acids is 1. The van der Waals surface area contributed by atoms with E-state index in [1.54, 1.807) is 51.1 Å². The van der Waals surface area contributed by atoms with Crippen molar-refractivity contribution in [3.05, 3.63) is 70.1 Å². The molecule has 0 amide bonds. The van der Waals surface area contributed by atoms with Crippen molar-refractivity contribution < 1.29 is 42.4 Å². The normalized spacial score (nSPS) is 11.8. The molecule has 0 radical (unpaired) electrons. The standard InChI is InChI=1S/C25H23F3O6S/c1-24(2,3)34-23(32)21-15(6-10-18(22(21)31)25(26,27)28)13-33-16-7-4-14(5-8-16)19-11-9-17(35-19)12-20(29)30/h4-11,31H,12-13H2,1-3H3,(H,29,30). The number of hydrogen-bond acceptors (Lipinski definition) is 6. The smallest absolute Gasteiger partial charge is 0.419 e. The number of carbonyl (C=O) groups is 2. The van der Waals surface area contributed by atoms with Crippen molar-refractivity contribution in [2.75, 3.05) is 0 Å². The fourth-order valence-electron chi connectivity index (χ4n) is 3.19. The van der Waals surface area contributed by atoms with Crippen LogP contribution in [0.1, 0.15) is 47.1 Å². The molecule has 0 spiro atoms. The van der Waals surface area contributed by atoms with Crippen LogP contribution in [0.25, 0.3) is 10.4 Å². The third-order valence-corrected chi connectivity index (χ3v) is 5.83. The molecule has 35 heavy (non-hydrogen) atoms. The van der Waals surface area contributed by atoms with Gasteiger partial charge in [-0.2, -0.15) is 13.2 Å². The molecule has 10 heteroatoms. The first kappa shape index (κ1) is 26.1. The molecular formula is C25H23F3O6S. The van der Waals surface area contributed by atoms with E-state index in [4.69, 9.17) is 14.6 Å². The summed E-state index contributed by atoms with van der Waals surface area (Å²) in [6.45, 7) is 4.39. The number of benzene rings is 2. The van der Waals surface area contributed by atoms with Gasteiger partial charge in [-0.15, -0.1) is 11.3 Å². The number of halogens is 3. The number of phenols is 1. The van der Waals surface area contributed by atoms with Crippen LogP contribution >= 0.6 is 11.3 Å². The van der Waals surface area contributed by atoms with Crippen molar-refractivity contribution in [2.45, 2.75) is 45.6 Å². The number of phenolic OH excluding ortho intramolecular Hbond substituents is 1. The van der Waals surface area contributed by atoms with Crippen molar-refractivity contribution >= 4 is 23.3 Å². The van der Waals surface area contributed by atoms with Crippen molar-refractivity contribution in [1.29, 1.82) is 0 Å². The number of aromatic hydroxyl groups is 1. The zero-order valence-corrected chi connectivity index (χ0v) is 19.9. The van der Waals surface area contributed by atoms with Crippen LogP contribution in [0.5, 0.6) is 11.5 Å². The highest BCUT2D eigenvalue weighted by atomic mass is 32.1. The van der Waals surface area contributed by atoms with E-state index in [2.05, 4.69) is 0 Å². The van der Waals surface area contributed by atoms with Gasteiger partial charge in [0.2, 0.25) is 0 Å². The van der Waals surface area contributed by atoms with E-state index < -0.39 is 40.6 Å². The molecule has 1 heterocycles. The van der Waals surface area contributed by atoms with E-state index in [-0.39, 0.29) is 18.6 Å². The largest absolute Gasteiger partial charge is 0.506 e. The van der Waals surface area contributed by atoms with E-state index in [0.717, 1.165) is 16.5 Å². The Morgan fingerprint density at radius 3 is 2.20 bits per heavy atom. The van der Waals surface area contributed by atoms with Crippen LogP contribution in [0.3, 0.4) is 0 Å². The van der Waals surface area contributed by atoms with E-state index in [1.807, 2.05) is 6.07 Å². The summed E-state index contributed by atoms with van der Waals surface area (Å²) in [5, 5.41) is 19.2. The highest BCUT2D eigenvalue weighted by Gasteiger charge is 2.37. The summed E-state index contributed by atoms with van der Waals surface area (Å²) in [7, 11) is 0. The predicted molar refractivity (Wildman–Crippen MR) is 124 cm³/mol. The Bertz CT molecular complexity index is 1220. The average molecular weight is 509 g/mol. The van der Waals surface area contributed by atoms with Crippen molar-refractivity contribution in [3.8, 4) is 21.9 Å². The van der Waals surface area contributed by atoms with E-state index in [1.165, 1.54) is 11.3 Å². The summed E-state index contributed by atoms with van der Waals surface area (Å²) < 4.78 is 50.7. The van der Waals surface area contributed by atoms with Gasteiger partial charge in [0.1, 0.15) is 29.3 Å². The molecule has 186 valence electrons. The zero-order valence-electron chi connectivity index (χ0n) is 19.1. The number of carboxylic acids is 1. The van der Waals surface area contributed by atoms with Gasteiger partial charge in [0.05, 0.1) is 12.0 Å². The Labute approximate surface area is 203 Å². The maximum absolute atomic E-state index is 13.3. The lowest BCUT2D eigenvalue weighted by Gasteiger charge is -2.22. The highest BCUT2D eigenvalue weighted by Crippen LogP contribution is 2.39. The Morgan fingerprint density at radius 1 is 0.971 bits per heavy atom. The average Bonchev–Trinajstić information content (AvgIpc) is 3.18. The van der Waals surface area contributed by atoms with Gasteiger partial charge >= 0.3 is 18.1 Å². The molecule has 0 saturated heterocycles. The molecule has 3 aromatic rings. The van der Waals surface area contributed by atoms with E-state index in [9.17, 15) is 27.9 Å². The van der Waals surface area contributed by atoms with Crippen LogP contribution in [0, 0.1) is 0 Å². The molecule has 3 rings (SSSR count). The second-order valence-electron chi connectivity index (χ2n) is 8.65. The summed E-state index contributed by atoms with van der Waals surface area (Å²) in [4.78, 5) is 25.1. The summed E-state index contributed by atoms with van der Waals surface area (Å²) in [5.74, 6) is -2.84. The van der Waals surface area contributed by atoms with Crippen molar-refractivity contribution in [3.63, 3.8) is 0 Å². The first-order valence-electron chi connectivity index (χ1n) is 10.4. The first-order valence-corrected chi connectivity index (χ1v) is 11.3. The van der Waals surface area contributed by atoms with Gasteiger partial charge in [-0.05, 0) is 68.8 Å². The third kappa shape index (κ3) is 6.75. The first-order chi connectivity index (χ1) is 16.2. The topological polar surface area (TPSA) is 93.1 Å². The second-order valence-corrected chi connectivity index (χ2v) is 9.81. The summed E-state index contributed by atoms with van der Waals surface area (Å²) >= 11 is 1.35. The van der Waals surface area contributed by atoms with Gasteiger partial charge in [0, 0.05) is 15.3 Å². The number of esters is 1. The van der Waals surface area contributed by atoms with Crippen LogP contribution in [0.4, 0.5) is 13.2 Å². The molecule has 0 aliphatic carbocycles. The minimum absolute atomic E-state index is 0.0328. The summed E-state index contributed by atoms with van der Waals surface area (Å²) in [6, 6.07) is 12.1. The Hall–Kier alpha value is -3.53. The molecule has 0 bridgehead atoms. The highest BCUT2D eigenvalue weighted by molar-refractivity contribution is 7.15. The molecule has 2 N–H and O–H groups in total. The van der Waals surface area contributed by atoms with Crippen LogP contribution < -0.4 is 4.74 Å². The van der Waals surface area contributed by atoms with E-state index >= 15 is 0 Å². The lowest BCUT2D eigenvalue weighted by molar-refractivity contribution is -0.139. The molecule has 6 nitrogen and oxygen atoms in total. The van der Waals surface area contributed by atoms with E-state index in [0.29, 0.717) is 16.7 Å². The van der Waals surface area contributed by atoms with Gasteiger partial charge < -0.3 is 19.7 Å². The molecule has 2 aromatic carbocycles. The maximum Gasteiger partial charge on any atom is 0.419 e. The molecular weight excluding hydrogens is 485 g/mol. The minimum Gasteiger partial charge on any atom is -0.506 e.